The van der Waals surface area contributed by atoms with Crippen LogP contribution in [0.3, 0.4) is 0 Å². The van der Waals surface area contributed by atoms with Crippen molar-refractivity contribution in [3.63, 3.8) is 0 Å². The molecule has 1 aromatic rings. The highest BCUT2D eigenvalue weighted by Crippen LogP contribution is 2.29. The molecule has 0 unspecified atom stereocenters. The molecule has 3 fully saturated rings. The first-order chi connectivity index (χ1) is 11.8. The Morgan fingerprint density at radius 3 is 2.75 bits per heavy atom. The van der Waals surface area contributed by atoms with Gasteiger partial charge in [0.05, 0.1) is 19.3 Å². The molecule has 0 N–H and O–H groups in total. The second-order valence-electron chi connectivity index (χ2n) is 7.31. The third kappa shape index (κ3) is 3.97. The van der Waals surface area contributed by atoms with Crippen molar-refractivity contribution >= 4 is 5.91 Å². The number of hydrogen-bond donors (Lipinski definition) is 0. The van der Waals surface area contributed by atoms with Crippen molar-refractivity contribution in [2.75, 3.05) is 39.5 Å². The summed E-state index contributed by atoms with van der Waals surface area (Å²) in [5, 5.41) is 0. The van der Waals surface area contributed by atoms with Crippen molar-refractivity contribution in [2.45, 2.75) is 38.0 Å². The summed E-state index contributed by atoms with van der Waals surface area (Å²) in [7, 11) is 0. The van der Waals surface area contributed by atoms with E-state index in [-0.39, 0.29) is 6.10 Å². The lowest BCUT2D eigenvalue weighted by molar-refractivity contribution is -0.127. The highest BCUT2D eigenvalue weighted by Gasteiger charge is 2.39. The maximum absolute atomic E-state index is 12.1. The summed E-state index contributed by atoms with van der Waals surface area (Å²) in [5.74, 6) is 0.298. The number of amides is 1. The first-order valence-electron chi connectivity index (χ1n) is 9.17. The quantitative estimate of drug-likeness (QED) is 0.821. The number of carbonyl (C=O) groups is 1. The first kappa shape index (κ1) is 16.1. The minimum Gasteiger partial charge on any atom is -0.375 e. The van der Waals surface area contributed by atoms with E-state index in [1.165, 1.54) is 18.4 Å². The summed E-state index contributed by atoms with van der Waals surface area (Å²) in [5.41, 5.74) is 1.36. The van der Waals surface area contributed by atoms with Gasteiger partial charge in [0, 0.05) is 38.8 Å². The van der Waals surface area contributed by atoms with E-state index in [1.807, 2.05) is 0 Å². The van der Waals surface area contributed by atoms with E-state index in [1.54, 1.807) is 0 Å². The Bertz CT molecular complexity index is 561. The zero-order valence-electron chi connectivity index (χ0n) is 14.3. The minimum atomic E-state index is 0.197. The summed E-state index contributed by atoms with van der Waals surface area (Å²) in [4.78, 5) is 18.9. The monoisotopic (exact) mass is 329 g/mol. The van der Waals surface area contributed by atoms with Crippen LogP contribution < -0.4 is 0 Å². The van der Waals surface area contributed by atoms with Gasteiger partial charge in [-0.2, -0.15) is 0 Å². The Kier molecular flexibility index (Phi) is 4.83. The molecule has 1 saturated carbocycles. The van der Waals surface area contributed by atoms with E-state index in [9.17, 15) is 4.79 Å². The molecule has 1 aliphatic carbocycles. The Balaban J connectivity index is 1.32. The Morgan fingerprint density at radius 1 is 1.12 bits per heavy atom. The lowest BCUT2D eigenvalue weighted by Gasteiger charge is -2.27. The van der Waals surface area contributed by atoms with Gasteiger partial charge in [-0.05, 0) is 24.8 Å². The van der Waals surface area contributed by atoms with Crippen LogP contribution >= 0.6 is 0 Å². The number of ether oxygens (including phenoxy) is 1. The fourth-order valence-corrected chi connectivity index (χ4v) is 3.81. The number of hydrogen-bond acceptors (Lipinski definition) is 4. The molecule has 1 atom stereocenters. The zero-order chi connectivity index (χ0) is 16.4. The average Bonchev–Trinajstić information content (AvgIpc) is 3.37. The van der Waals surface area contributed by atoms with E-state index >= 15 is 0 Å². The van der Waals surface area contributed by atoms with Crippen molar-refractivity contribution in [1.29, 1.82) is 0 Å². The van der Waals surface area contributed by atoms with Crippen molar-refractivity contribution in [2.24, 2.45) is 0 Å². The van der Waals surface area contributed by atoms with Gasteiger partial charge >= 0.3 is 0 Å². The van der Waals surface area contributed by atoms with Gasteiger partial charge < -0.3 is 9.64 Å². The first-order valence-corrected chi connectivity index (χ1v) is 9.17. The third-order valence-corrected chi connectivity index (χ3v) is 5.16. The Labute approximate surface area is 144 Å². The maximum atomic E-state index is 12.1. The van der Waals surface area contributed by atoms with Crippen LogP contribution in [0.25, 0.3) is 0 Å². The lowest BCUT2D eigenvalue weighted by atomic mass is 10.2. The van der Waals surface area contributed by atoms with Crippen molar-refractivity contribution in [1.82, 2.24) is 14.7 Å². The fourth-order valence-electron chi connectivity index (χ4n) is 3.81. The van der Waals surface area contributed by atoms with E-state index in [4.69, 9.17) is 4.74 Å². The Hall–Kier alpha value is -1.43. The van der Waals surface area contributed by atoms with Crippen molar-refractivity contribution < 1.29 is 9.53 Å². The molecule has 4 rings (SSSR count). The van der Waals surface area contributed by atoms with Crippen molar-refractivity contribution in [3.8, 4) is 0 Å². The van der Waals surface area contributed by atoms with Crippen LogP contribution in [0, 0.1) is 0 Å². The molecular weight excluding hydrogens is 302 g/mol. The molecular formula is C19H27N3O2. The van der Waals surface area contributed by atoms with E-state index in [0.717, 1.165) is 45.9 Å². The second-order valence-corrected chi connectivity index (χ2v) is 7.31. The molecule has 2 heterocycles. The van der Waals surface area contributed by atoms with Crippen LogP contribution in [0.5, 0.6) is 0 Å². The van der Waals surface area contributed by atoms with Gasteiger partial charge in [0.15, 0.2) is 0 Å². The molecule has 3 aliphatic rings. The van der Waals surface area contributed by atoms with E-state index < -0.39 is 0 Å². The molecule has 0 aromatic heterocycles. The maximum Gasteiger partial charge on any atom is 0.238 e. The van der Waals surface area contributed by atoms with Crippen LogP contribution in [-0.4, -0.2) is 72.2 Å². The number of carbonyl (C=O) groups excluding carboxylic acids is 1. The number of rotatable bonds is 5. The second kappa shape index (κ2) is 7.21. The summed E-state index contributed by atoms with van der Waals surface area (Å²) in [6.45, 7) is 6.05. The number of benzene rings is 1. The standard InChI is InChI=1S/C19H27N3O2/c23-19-14-21(15-22(19)17-7-8-17)13-18-12-20(9-4-10-24-18)11-16-5-2-1-3-6-16/h1-3,5-6,17-18H,4,7-15H2/t18-/m1/s1. The Morgan fingerprint density at radius 2 is 1.96 bits per heavy atom. The summed E-state index contributed by atoms with van der Waals surface area (Å²) in [6.07, 6.45) is 3.65. The molecule has 24 heavy (non-hydrogen) atoms. The predicted octanol–water partition coefficient (Wildman–Crippen LogP) is 1.54. The van der Waals surface area contributed by atoms with E-state index in [0.29, 0.717) is 18.5 Å². The smallest absolute Gasteiger partial charge is 0.238 e. The topological polar surface area (TPSA) is 36.0 Å². The normalized spacial score (nSPS) is 26.8. The van der Waals surface area contributed by atoms with Gasteiger partial charge in [-0.25, -0.2) is 0 Å². The fraction of sp³-hybridized carbons (Fsp3) is 0.632. The van der Waals surface area contributed by atoms with Crippen LogP contribution in [-0.2, 0) is 16.1 Å². The van der Waals surface area contributed by atoms with Crippen LogP contribution in [0.2, 0.25) is 0 Å². The number of nitrogens with zero attached hydrogens (tertiary/aromatic N) is 3. The van der Waals surface area contributed by atoms with Gasteiger partial charge in [-0.3, -0.25) is 14.6 Å². The molecule has 5 heteroatoms. The predicted molar refractivity (Wildman–Crippen MR) is 92.4 cm³/mol. The van der Waals surface area contributed by atoms with Gasteiger partial charge in [-0.1, -0.05) is 30.3 Å². The summed E-state index contributed by atoms with van der Waals surface area (Å²) in [6, 6.07) is 11.2. The lowest BCUT2D eigenvalue weighted by Crippen LogP contribution is -2.40. The van der Waals surface area contributed by atoms with Gasteiger partial charge in [0.1, 0.15) is 0 Å². The molecule has 1 amide bonds. The van der Waals surface area contributed by atoms with Crippen LogP contribution in [0.1, 0.15) is 24.8 Å². The molecule has 0 radical (unpaired) electrons. The molecule has 5 nitrogen and oxygen atoms in total. The summed E-state index contributed by atoms with van der Waals surface area (Å²) < 4.78 is 6.07. The third-order valence-electron chi connectivity index (χ3n) is 5.16. The molecule has 2 aliphatic heterocycles. The molecule has 2 saturated heterocycles. The van der Waals surface area contributed by atoms with E-state index in [2.05, 4.69) is 45.0 Å². The average molecular weight is 329 g/mol. The molecule has 0 bridgehead atoms. The van der Waals surface area contributed by atoms with Crippen LogP contribution in [0.15, 0.2) is 30.3 Å². The van der Waals surface area contributed by atoms with Gasteiger partial charge in [0.2, 0.25) is 5.91 Å². The minimum absolute atomic E-state index is 0.197. The van der Waals surface area contributed by atoms with Gasteiger partial charge in [-0.15, -0.1) is 0 Å². The zero-order valence-corrected chi connectivity index (χ0v) is 14.3. The molecule has 1 aromatic carbocycles. The molecule has 130 valence electrons. The van der Waals surface area contributed by atoms with Crippen LogP contribution in [0.4, 0.5) is 0 Å². The summed E-state index contributed by atoms with van der Waals surface area (Å²) >= 11 is 0. The highest BCUT2D eigenvalue weighted by molar-refractivity contribution is 5.80. The van der Waals surface area contributed by atoms with Crippen molar-refractivity contribution in [3.05, 3.63) is 35.9 Å². The SMILES string of the molecule is O=C1CN(C[C@H]2CN(Cc3ccccc3)CCCO2)CN1C1CC1. The largest absolute Gasteiger partial charge is 0.375 e. The molecule has 0 spiro atoms. The highest BCUT2D eigenvalue weighted by atomic mass is 16.5. The van der Waals surface area contributed by atoms with Gasteiger partial charge in [0.25, 0.3) is 0 Å².